The first-order valence-corrected chi connectivity index (χ1v) is 10.6. The number of halogens is 1. The summed E-state index contributed by atoms with van der Waals surface area (Å²) in [4.78, 5) is 39.6. The second-order valence-corrected chi connectivity index (χ2v) is 8.79. The highest BCUT2D eigenvalue weighted by atomic mass is 35.5. The number of amides is 2. The van der Waals surface area contributed by atoms with Crippen LogP contribution in [0.25, 0.3) is 0 Å². The molecule has 2 heterocycles. The third-order valence-corrected chi connectivity index (χ3v) is 5.96. The molecule has 2 amide bonds. The van der Waals surface area contributed by atoms with E-state index in [2.05, 4.69) is 5.32 Å². The normalized spacial score (nSPS) is 10.4. The van der Waals surface area contributed by atoms with Crippen molar-refractivity contribution in [2.45, 2.75) is 6.54 Å². The minimum atomic E-state index is -0.641. The van der Waals surface area contributed by atoms with Crippen LogP contribution in [0.15, 0.2) is 53.9 Å². The summed E-state index contributed by atoms with van der Waals surface area (Å²) in [6, 6.07) is 13.5. The Bertz CT molecular complexity index is 1020. The van der Waals surface area contributed by atoms with Crippen LogP contribution in [-0.4, -0.2) is 36.3 Å². The van der Waals surface area contributed by atoms with Crippen molar-refractivity contribution in [2.24, 2.45) is 0 Å². The van der Waals surface area contributed by atoms with Gasteiger partial charge in [-0.25, -0.2) is 4.79 Å². The van der Waals surface area contributed by atoms with E-state index in [1.165, 1.54) is 33.6 Å². The average Bonchev–Trinajstić information content (AvgIpc) is 3.38. The Labute approximate surface area is 180 Å². The van der Waals surface area contributed by atoms with Gasteiger partial charge >= 0.3 is 5.97 Å². The Morgan fingerprint density at radius 1 is 1.14 bits per heavy atom. The molecule has 1 N–H and O–H groups in total. The fourth-order valence-electron chi connectivity index (χ4n) is 2.40. The molecule has 2 aromatic heterocycles. The summed E-state index contributed by atoms with van der Waals surface area (Å²) >= 11 is 8.60. The van der Waals surface area contributed by atoms with Gasteiger partial charge in [0, 0.05) is 17.6 Å². The van der Waals surface area contributed by atoms with Crippen LogP contribution >= 0.6 is 34.3 Å². The van der Waals surface area contributed by atoms with Gasteiger partial charge in [-0.2, -0.15) is 0 Å². The molecular formula is C20H17ClN2O4S2. The second-order valence-electron chi connectivity index (χ2n) is 6.04. The van der Waals surface area contributed by atoms with Gasteiger partial charge in [-0.1, -0.05) is 23.7 Å². The maximum absolute atomic E-state index is 12.3. The highest BCUT2D eigenvalue weighted by Gasteiger charge is 2.15. The van der Waals surface area contributed by atoms with Gasteiger partial charge in [-0.3, -0.25) is 9.59 Å². The molecule has 0 fully saturated rings. The van der Waals surface area contributed by atoms with Crippen LogP contribution in [0.2, 0.25) is 4.34 Å². The van der Waals surface area contributed by atoms with Crippen LogP contribution < -0.4 is 5.32 Å². The van der Waals surface area contributed by atoms with E-state index < -0.39 is 5.97 Å². The summed E-state index contributed by atoms with van der Waals surface area (Å²) in [5, 5.41) is 4.54. The molecule has 0 unspecified atom stereocenters. The zero-order chi connectivity index (χ0) is 20.8. The Hall–Kier alpha value is -2.68. The summed E-state index contributed by atoms with van der Waals surface area (Å²) in [5.41, 5.74) is 0.713. The number of carbonyl (C=O) groups excluding carboxylic acids is 3. The summed E-state index contributed by atoms with van der Waals surface area (Å²) in [6.07, 6.45) is 0. The molecule has 1 aromatic carbocycles. The first-order chi connectivity index (χ1) is 13.9. The van der Waals surface area contributed by atoms with Crippen molar-refractivity contribution in [1.82, 2.24) is 4.90 Å². The van der Waals surface area contributed by atoms with Crippen LogP contribution in [0.1, 0.15) is 24.9 Å². The third kappa shape index (κ3) is 5.90. The van der Waals surface area contributed by atoms with E-state index in [1.54, 1.807) is 43.4 Å². The summed E-state index contributed by atoms with van der Waals surface area (Å²) < 4.78 is 5.77. The van der Waals surface area contributed by atoms with Crippen LogP contribution in [0.4, 0.5) is 5.69 Å². The topological polar surface area (TPSA) is 75.7 Å². The van der Waals surface area contributed by atoms with E-state index in [0.717, 1.165) is 4.88 Å². The highest BCUT2D eigenvalue weighted by Crippen LogP contribution is 2.22. The van der Waals surface area contributed by atoms with Gasteiger partial charge in [0.2, 0.25) is 0 Å². The van der Waals surface area contributed by atoms with Crippen molar-refractivity contribution in [2.75, 3.05) is 19.0 Å². The molecule has 0 aliphatic heterocycles. The Morgan fingerprint density at radius 2 is 1.97 bits per heavy atom. The lowest BCUT2D eigenvalue weighted by Crippen LogP contribution is -2.30. The van der Waals surface area contributed by atoms with Crippen molar-refractivity contribution in [3.05, 3.63) is 73.6 Å². The quantitative estimate of drug-likeness (QED) is 0.539. The predicted molar refractivity (Wildman–Crippen MR) is 115 cm³/mol. The molecule has 0 atom stereocenters. The van der Waals surface area contributed by atoms with Gasteiger partial charge in [0.15, 0.2) is 6.61 Å². The number of esters is 1. The molecule has 0 radical (unpaired) electrons. The van der Waals surface area contributed by atoms with Crippen LogP contribution in [0.5, 0.6) is 0 Å². The first kappa shape index (κ1) is 21.0. The second kappa shape index (κ2) is 9.69. The average molecular weight is 449 g/mol. The largest absolute Gasteiger partial charge is 0.452 e. The molecule has 9 heteroatoms. The number of benzene rings is 1. The van der Waals surface area contributed by atoms with Crippen molar-refractivity contribution in [3.8, 4) is 0 Å². The number of thiophene rings is 2. The van der Waals surface area contributed by atoms with Gasteiger partial charge in [0.05, 0.1) is 21.3 Å². The zero-order valence-electron chi connectivity index (χ0n) is 15.4. The monoisotopic (exact) mass is 448 g/mol. The number of hydrogen-bond donors (Lipinski definition) is 1. The van der Waals surface area contributed by atoms with E-state index >= 15 is 0 Å². The lowest BCUT2D eigenvalue weighted by molar-refractivity contribution is -0.133. The molecule has 0 aliphatic carbocycles. The highest BCUT2D eigenvalue weighted by molar-refractivity contribution is 7.16. The molecule has 3 rings (SSSR count). The molecule has 0 spiro atoms. The molecule has 3 aromatic rings. The minimum Gasteiger partial charge on any atom is -0.452 e. The van der Waals surface area contributed by atoms with Gasteiger partial charge in [0.1, 0.15) is 0 Å². The van der Waals surface area contributed by atoms with Crippen molar-refractivity contribution in [3.63, 3.8) is 0 Å². The molecule has 0 aliphatic rings. The smallest absolute Gasteiger partial charge is 0.338 e. The molecule has 0 saturated heterocycles. The lowest BCUT2D eigenvalue weighted by atomic mass is 10.2. The fourth-order valence-corrected chi connectivity index (χ4v) is 4.16. The number of rotatable bonds is 7. The number of anilines is 1. The number of ether oxygens (including phenoxy) is 1. The summed E-state index contributed by atoms with van der Waals surface area (Å²) in [5.74, 6) is -1.22. The third-order valence-electron chi connectivity index (χ3n) is 3.88. The van der Waals surface area contributed by atoms with Crippen LogP contribution in [0.3, 0.4) is 0 Å². The molecule has 0 saturated carbocycles. The molecule has 0 bridgehead atoms. The summed E-state index contributed by atoms with van der Waals surface area (Å²) in [7, 11) is 1.63. The van der Waals surface area contributed by atoms with Gasteiger partial charge in [-0.05, 0) is 41.8 Å². The van der Waals surface area contributed by atoms with E-state index in [-0.39, 0.29) is 24.0 Å². The number of likely N-dealkylation sites (N-methyl/N-ethyl adjacent to an activating group) is 1. The predicted octanol–water partition coefficient (Wildman–Crippen LogP) is 4.53. The van der Waals surface area contributed by atoms with Crippen molar-refractivity contribution < 1.29 is 19.1 Å². The Morgan fingerprint density at radius 3 is 2.66 bits per heavy atom. The Kier molecular flexibility index (Phi) is 7.03. The maximum Gasteiger partial charge on any atom is 0.338 e. The number of carbonyl (C=O) groups is 3. The van der Waals surface area contributed by atoms with Gasteiger partial charge < -0.3 is 15.0 Å². The van der Waals surface area contributed by atoms with Crippen molar-refractivity contribution >= 4 is 57.7 Å². The number of hydrogen-bond acceptors (Lipinski definition) is 6. The lowest BCUT2D eigenvalue weighted by Gasteiger charge is -2.16. The van der Waals surface area contributed by atoms with Crippen LogP contribution in [0, 0.1) is 0 Å². The van der Waals surface area contributed by atoms with E-state index in [9.17, 15) is 14.4 Å². The van der Waals surface area contributed by atoms with E-state index in [4.69, 9.17) is 16.3 Å². The molecule has 6 nitrogen and oxygen atoms in total. The first-order valence-electron chi connectivity index (χ1n) is 8.52. The standard InChI is InChI=1S/C20H17ClN2O4S2/c1-23(11-15-7-8-17(21)29-15)18(24)12-27-20(26)13-4-2-5-14(10-13)22-19(25)16-6-3-9-28-16/h2-10H,11-12H2,1H3,(H,22,25). The molecule has 29 heavy (non-hydrogen) atoms. The fraction of sp³-hybridized carbons (Fsp3) is 0.150. The molecule has 150 valence electrons. The number of nitrogens with zero attached hydrogens (tertiary/aromatic N) is 1. The zero-order valence-corrected chi connectivity index (χ0v) is 17.8. The molecular weight excluding hydrogens is 432 g/mol. The summed E-state index contributed by atoms with van der Waals surface area (Å²) in [6.45, 7) is 0.0121. The number of nitrogens with one attached hydrogen (secondary N) is 1. The van der Waals surface area contributed by atoms with Crippen molar-refractivity contribution in [1.29, 1.82) is 0 Å². The van der Waals surface area contributed by atoms with Crippen LogP contribution in [-0.2, 0) is 16.1 Å². The van der Waals surface area contributed by atoms with Gasteiger partial charge in [0.25, 0.3) is 11.8 Å². The maximum atomic E-state index is 12.3. The van der Waals surface area contributed by atoms with E-state index in [1.807, 2.05) is 11.4 Å². The SMILES string of the molecule is CN(Cc1ccc(Cl)s1)C(=O)COC(=O)c1cccc(NC(=O)c2cccs2)c1. The van der Waals surface area contributed by atoms with E-state index in [0.29, 0.717) is 21.4 Å². The minimum absolute atomic E-state index is 0.245. The Balaban J connectivity index is 1.53. The van der Waals surface area contributed by atoms with Gasteiger partial charge in [-0.15, -0.1) is 22.7 Å².